The van der Waals surface area contributed by atoms with Crippen molar-refractivity contribution in [3.63, 3.8) is 0 Å². The Kier molecular flexibility index (Phi) is 5.76. The Hall–Kier alpha value is -1.66. The highest BCUT2D eigenvalue weighted by Crippen LogP contribution is 2.35. The molecule has 1 aliphatic rings. The van der Waals surface area contributed by atoms with Crippen LogP contribution < -0.4 is 9.47 Å². The Bertz CT molecular complexity index is 474. The van der Waals surface area contributed by atoms with Crippen molar-refractivity contribution >= 4 is 0 Å². The third-order valence-corrected chi connectivity index (χ3v) is 3.44. The summed E-state index contributed by atoms with van der Waals surface area (Å²) < 4.78 is 16.3. The van der Waals surface area contributed by atoms with Gasteiger partial charge in [-0.15, -0.1) is 6.42 Å². The molecule has 0 saturated carbocycles. The summed E-state index contributed by atoms with van der Waals surface area (Å²) in [7, 11) is 0. The van der Waals surface area contributed by atoms with Crippen molar-refractivity contribution in [3.05, 3.63) is 23.3 Å². The predicted octanol–water partition coefficient (Wildman–Crippen LogP) is 3.69. The number of hydrogen-bond acceptors (Lipinski definition) is 3. The quantitative estimate of drug-likeness (QED) is 0.534. The zero-order chi connectivity index (χ0) is 14.2. The van der Waals surface area contributed by atoms with Crippen LogP contribution in [-0.2, 0) is 17.8 Å². The summed E-state index contributed by atoms with van der Waals surface area (Å²) in [5.74, 6) is 4.14. The molecule has 0 fully saturated rings. The van der Waals surface area contributed by atoms with Gasteiger partial charge < -0.3 is 14.2 Å². The van der Waals surface area contributed by atoms with Crippen LogP contribution in [0.1, 0.15) is 43.7 Å². The first-order valence-electron chi connectivity index (χ1n) is 7.27. The molecule has 0 amide bonds. The molecule has 0 atom stereocenters. The van der Waals surface area contributed by atoms with Crippen molar-refractivity contribution in [1.29, 1.82) is 0 Å². The minimum Gasteiger partial charge on any atom is -0.454 e. The molecule has 20 heavy (non-hydrogen) atoms. The van der Waals surface area contributed by atoms with Gasteiger partial charge in [0.15, 0.2) is 11.5 Å². The second kappa shape index (κ2) is 7.81. The summed E-state index contributed by atoms with van der Waals surface area (Å²) in [5.41, 5.74) is 2.43. The summed E-state index contributed by atoms with van der Waals surface area (Å²) >= 11 is 0. The minimum absolute atomic E-state index is 0.305. The zero-order valence-electron chi connectivity index (χ0n) is 12.1. The second-order valence-corrected chi connectivity index (χ2v) is 4.98. The van der Waals surface area contributed by atoms with E-state index < -0.39 is 0 Å². The van der Waals surface area contributed by atoms with Gasteiger partial charge in [-0.2, -0.15) is 0 Å². The van der Waals surface area contributed by atoms with Crippen LogP contribution in [0.3, 0.4) is 0 Å². The smallest absolute Gasteiger partial charge is 0.231 e. The first-order valence-corrected chi connectivity index (χ1v) is 7.27. The largest absolute Gasteiger partial charge is 0.454 e. The minimum atomic E-state index is 0.305. The summed E-state index contributed by atoms with van der Waals surface area (Å²) in [6.07, 6.45) is 11.2. The van der Waals surface area contributed by atoms with Gasteiger partial charge in [0.2, 0.25) is 6.79 Å². The lowest BCUT2D eigenvalue weighted by Gasteiger charge is -2.11. The van der Waals surface area contributed by atoms with Crippen molar-refractivity contribution in [2.75, 3.05) is 13.4 Å². The Morgan fingerprint density at radius 1 is 1.15 bits per heavy atom. The van der Waals surface area contributed by atoms with Crippen molar-refractivity contribution in [3.8, 4) is 23.8 Å². The molecule has 0 radical (unpaired) electrons. The van der Waals surface area contributed by atoms with Gasteiger partial charge in [-0.05, 0) is 36.1 Å². The fourth-order valence-electron chi connectivity index (χ4n) is 2.36. The van der Waals surface area contributed by atoms with Gasteiger partial charge in [-0.3, -0.25) is 0 Å². The van der Waals surface area contributed by atoms with Crippen LogP contribution in [0.15, 0.2) is 12.1 Å². The normalized spacial score (nSPS) is 12.4. The summed E-state index contributed by atoms with van der Waals surface area (Å²) in [6.45, 7) is 3.40. The number of fused-ring (bicyclic) bond motifs is 1. The number of aryl methyl sites for hydroxylation is 1. The van der Waals surface area contributed by atoms with Gasteiger partial charge in [0.1, 0.15) is 6.61 Å². The van der Waals surface area contributed by atoms with E-state index >= 15 is 0 Å². The molecule has 0 N–H and O–H groups in total. The molecule has 0 aliphatic carbocycles. The molecule has 108 valence electrons. The average Bonchev–Trinajstić information content (AvgIpc) is 2.91. The first kappa shape index (κ1) is 14.7. The van der Waals surface area contributed by atoms with Crippen LogP contribution in [0.2, 0.25) is 0 Å². The first-order chi connectivity index (χ1) is 9.85. The van der Waals surface area contributed by atoms with E-state index in [0.717, 1.165) is 23.5 Å². The predicted molar refractivity (Wildman–Crippen MR) is 78.9 cm³/mol. The topological polar surface area (TPSA) is 27.7 Å². The van der Waals surface area contributed by atoms with E-state index in [0.29, 0.717) is 20.0 Å². The number of rotatable bonds is 8. The summed E-state index contributed by atoms with van der Waals surface area (Å²) in [6, 6.07) is 4.11. The molecule has 0 saturated heterocycles. The zero-order valence-corrected chi connectivity index (χ0v) is 12.1. The lowest BCUT2D eigenvalue weighted by atomic mass is 10.0. The molecule has 1 aromatic carbocycles. The third-order valence-electron chi connectivity index (χ3n) is 3.44. The summed E-state index contributed by atoms with van der Waals surface area (Å²) in [4.78, 5) is 0. The number of terminal acetylenes is 1. The molecule has 1 aliphatic heterocycles. The Balaban J connectivity index is 2.04. The van der Waals surface area contributed by atoms with E-state index in [9.17, 15) is 0 Å². The highest BCUT2D eigenvalue weighted by Gasteiger charge is 2.17. The van der Waals surface area contributed by atoms with Crippen molar-refractivity contribution in [1.82, 2.24) is 0 Å². The van der Waals surface area contributed by atoms with Crippen LogP contribution in [0, 0.1) is 12.3 Å². The molecule has 0 spiro atoms. The van der Waals surface area contributed by atoms with E-state index in [1.165, 1.54) is 31.2 Å². The van der Waals surface area contributed by atoms with Crippen LogP contribution >= 0.6 is 0 Å². The lowest BCUT2D eigenvalue weighted by molar-refractivity contribution is 0.152. The maximum absolute atomic E-state index is 5.46. The SMILES string of the molecule is C#CCOCc1cc2c(cc1CCCCCC)OCO2. The standard InChI is InChI=1S/C17H22O3/c1-3-5-6-7-8-14-10-16-17(20-13-19-16)11-15(14)12-18-9-4-2/h2,10-11H,3,5-9,12-13H2,1H3. The van der Waals surface area contributed by atoms with Crippen molar-refractivity contribution in [2.24, 2.45) is 0 Å². The van der Waals surface area contributed by atoms with Gasteiger partial charge in [0.25, 0.3) is 0 Å². The number of hydrogen-bond donors (Lipinski definition) is 0. The average molecular weight is 274 g/mol. The molecule has 1 aromatic rings. The van der Waals surface area contributed by atoms with Crippen molar-refractivity contribution < 1.29 is 14.2 Å². The maximum atomic E-state index is 5.46. The molecular formula is C17H22O3. The van der Waals surface area contributed by atoms with Gasteiger partial charge in [0, 0.05) is 0 Å². The van der Waals surface area contributed by atoms with Crippen LogP contribution in [0.25, 0.3) is 0 Å². The molecule has 1 heterocycles. The monoisotopic (exact) mass is 274 g/mol. The Morgan fingerprint density at radius 3 is 2.60 bits per heavy atom. The van der Waals surface area contributed by atoms with Gasteiger partial charge in [0.05, 0.1) is 6.61 Å². The molecule has 0 bridgehead atoms. The molecule has 3 heteroatoms. The molecule has 0 unspecified atom stereocenters. The van der Waals surface area contributed by atoms with E-state index in [1.807, 2.05) is 6.07 Å². The third kappa shape index (κ3) is 3.91. The fourth-order valence-corrected chi connectivity index (χ4v) is 2.36. The molecular weight excluding hydrogens is 252 g/mol. The van der Waals surface area contributed by atoms with E-state index in [1.54, 1.807) is 0 Å². The molecule has 3 nitrogen and oxygen atoms in total. The fraction of sp³-hybridized carbons (Fsp3) is 0.529. The lowest BCUT2D eigenvalue weighted by Crippen LogP contribution is -1.99. The van der Waals surface area contributed by atoms with Gasteiger partial charge in [-0.1, -0.05) is 32.1 Å². The van der Waals surface area contributed by atoms with E-state index in [-0.39, 0.29) is 0 Å². The number of unbranched alkanes of at least 4 members (excludes halogenated alkanes) is 3. The van der Waals surface area contributed by atoms with Gasteiger partial charge in [-0.25, -0.2) is 0 Å². The van der Waals surface area contributed by atoms with E-state index in [4.69, 9.17) is 20.6 Å². The maximum Gasteiger partial charge on any atom is 0.231 e. The molecule has 2 rings (SSSR count). The number of ether oxygens (including phenoxy) is 3. The second-order valence-electron chi connectivity index (χ2n) is 4.98. The Morgan fingerprint density at radius 2 is 1.90 bits per heavy atom. The Labute approximate surface area is 121 Å². The summed E-state index contributed by atoms with van der Waals surface area (Å²) in [5, 5.41) is 0. The van der Waals surface area contributed by atoms with E-state index in [2.05, 4.69) is 18.9 Å². The van der Waals surface area contributed by atoms with Gasteiger partial charge >= 0.3 is 0 Å². The highest BCUT2D eigenvalue weighted by molar-refractivity contribution is 5.48. The van der Waals surface area contributed by atoms with Crippen molar-refractivity contribution in [2.45, 2.75) is 45.6 Å². The molecule has 0 aromatic heterocycles. The van der Waals surface area contributed by atoms with Crippen LogP contribution in [-0.4, -0.2) is 13.4 Å². The highest BCUT2D eigenvalue weighted by atomic mass is 16.7. The number of benzene rings is 1. The van der Waals surface area contributed by atoms with Crippen LogP contribution in [0.5, 0.6) is 11.5 Å². The van der Waals surface area contributed by atoms with Crippen LogP contribution in [0.4, 0.5) is 0 Å².